The van der Waals surface area contributed by atoms with E-state index in [0.717, 1.165) is 5.39 Å². The molecule has 108 valence electrons. The topological polar surface area (TPSA) is 56.6 Å². The smallest absolute Gasteiger partial charge is 0.139 e. The maximum atomic E-state index is 13.6. The van der Waals surface area contributed by atoms with Crippen molar-refractivity contribution in [1.82, 2.24) is 4.98 Å². The highest BCUT2D eigenvalue weighted by Crippen LogP contribution is 2.24. The minimum absolute atomic E-state index is 0.000154. The molecule has 1 aromatic heterocycles. The Labute approximate surface area is 125 Å². The van der Waals surface area contributed by atoms with Crippen molar-refractivity contribution in [1.29, 1.82) is 0 Å². The minimum Gasteiger partial charge on any atom is -0.396 e. The predicted octanol–water partition coefficient (Wildman–Crippen LogP) is 2.32. The van der Waals surface area contributed by atoms with Gasteiger partial charge in [0, 0.05) is 31.1 Å². The van der Waals surface area contributed by atoms with Gasteiger partial charge in [0.2, 0.25) is 0 Å². The molecule has 0 unspecified atom stereocenters. The van der Waals surface area contributed by atoms with Crippen LogP contribution in [0.2, 0.25) is 0 Å². The maximum absolute atomic E-state index is 13.6. The molecular formula is C14H16BrFN2O2. The summed E-state index contributed by atoms with van der Waals surface area (Å²) >= 11 is 3.15. The van der Waals surface area contributed by atoms with Crippen molar-refractivity contribution < 1.29 is 14.6 Å². The van der Waals surface area contributed by atoms with E-state index in [1.54, 1.807) is 6.07 Å². The maximum Gasteiger partial charge on any atom is 0.139 e. The van der Waals surface area contributed by atoms with E-state index in [1.807, 2.05) is 17.0 Å². The zero-order valence-electron chi connectivity index (χ0n) is 10.9. The standard InChI is InChI=1S/C14H16BrFN2O2/c15-11-8-10-2-3-14(17-13(10)9-12(11)16)18(5-7-20)4-1-6-19/h2-3,8-9,19-20H,1,4-7H2. The van der Waals surface area contributed by atoms with E-state index < -0.39 is 0 Å². The van der Waals surface area contributed by atoms with E-state index in [1.165, 1.54) is 6.07 Å². The molecular weight excluding hydrogens is 327 g/mol. The third kappa shape index (κ3) is 3.45. The molecule has 0 bridgehead atoms. The molecule has 0 fully saturated rings. The summed E-state index contributed by atoms with van der Waals surface area (Å²) < 4.78 is 14.0. The fraction of sp³-hybridized carbons (Fsp3) is 0.357. The number of rotatable bonds is 6. The Balaban J connectivity index is 2.35. The van der Waals surface area contributed by atoms with Crippen LogP contribution in [-0.2, 0) is 0 Å². The Bertz CT molecular complexity index is 595. The molecule has 0 spiro atoms. The molecule has 0 atom stereocenters. The minimum atomic E-state index is -0.355. The normalized spacial score (nSPS) is 11.0. The summed E-state index contributed by atoms with van der Waals surface area (Å²) in [4.78, 5) is 6.29. The number of benzene rings is 1. The molecule has 0 aliphatic heterocycles. The van der Waals surface area contributed by atoms with Crippen LogP contribution in [0, 0.1) is 5.82 Å². The highest BCUT2D eigenvalue weighted by Gasteiger charge is 2.09. The van der Waals surface area contributed by atoms with Crippen LogP contribution in [-0.4, -0.2) is 41.5 Å². The number of aliphatic hydroxyl groups is 2. The van der Waals surface area contributed by atoms with Crippen LogP contribution in [0.5, 0.6) is 0 Å². The largest absolute Gasteiger partial charge is 0.396 e. The Hall–Kier alpha value is -1.24. The number of hydrogen-bond donors (Lipinski definition) is 2. The molecule has 4 nitrogen and oxygen atoms in total. The van der Waals surface area contributed by atoms with Gasteiger partial charge in [-0.2, -0.15) is 0 Å². The highest BCUT2D eigenvalue weighted by atomic mass is 79.9. The van der Waals surface area contributed by atoms with Gasteiger partial charge in [0.05, 0.1) is 16.6 Å². The Morgan fingerprint density at radius 3 is 2.65 bits per heavy atom. The van der Waals surface area contributed by atoms with Crippen molar-refractivity contribution in [3.8, 4) is 0 Å². The molecule has 0 saturated heterocycles. The van der Waals surface area contributed by atoms with Crippen molar-refractivity contribution in [2.75, 3.05) is 31.2 Å². The molecule has 20 heavy (non-hydrogen) atoms. The van der Waals surface area contributed by atoms with Crippen molar-refractivity contribution >= 4 is 32.7 Å². The average molecular weight is 343 g/mol. The van der Waals surface area contributed by atoms with E-state index in [2.05, 4.69) is 20.9 Å². The molecule has 1 aromatic carbocycles. The number of halogens is 2. The zero-order valence-corrected chi connectivity index (χ0v) is 12.5. The van der Waals surface area contributed by atoms with E-state index in [9.17, 15) is 4.39 Å². The second-order valence-corrected chi connectivity index (χ2v) is 5.27. The third-order valence-electron chi connectivity index (χ3n) is 3.00. The lowest BCUT2D eigenvalue weighted by atomic mass is 10.2. The highest BCUT2D eigenvalue weighted by molar-refractivity contribution is 9.10. The summed E-state index contributed by atoms with van der Waals surface area (Å²) in [6.45, 7) is 1.10. The van der Waals surface area contributed by atoms with E-state index in [-0.39, 0.29) is 19.0 Å². The average Bonchev–Trinajstić information content (AvgIpc) is 2.44. The van der Waals surface area contributed by atoms with Gasteiger partial charge in [-0.3, -0.25) is 0 Å². The summed E-state index contributed by atoms with van der Waals surface area (Å²) in [5.74, 6) is 0.313. The van der Waals surface area contributed by atoms with Crippen LogP contribution in [0.1, 0.15) is 6.42 Å². The molecule has 0 aliphatic rings. The number of nitrogens with zero attached hydrogens (tertiary/aromatic N) is 2. The second kappa shape index (κ2) is 6.97. The first-order valence-electron chi connectivity index (χ1n) is 6.38. The van der Waals surface area contributed by atoms with E-state index >= 15 is 0 Å². The van der Waals surface area contributed by atoms with Gasteiger partial charge >= 0.3 is 0 Å². The molecule has 0 amide bonds. The number of aliphatic hydroxyl groups excluding tert-OH is 2. The lowest BCUT2D eigenvalue weighted by molar-refractivity contribution is 0.281. The monoisotopic (exact) mass is 342 g/mol. The van der Waals surface area contributed by atoms with Gasteiger partial charge in [0.1, 0.15) is 11.6 Å². The molecule has 2 rings (SSSR count). The van der Waals surface area contributed by atoms with Gasteiger partial charge in [-0.15, -0.1) is 0 Å². The molecule has 6 heteroatoms. The third-order valence-corrected chi connectivity index (χ3v) is 3.60. The van der Waals surface area contributed by atoms with Crippen molar-refractivity contribution in [3.05, 3.63) is 34.6 Å². The summed E-state index contributed by atoms with van der Waals surface area (Å²) in [6, 6.07) is 6.77. The SMILES string of the molecule is OCCCN(CCO)c1ccc2cc(Br)c(F)cc2n1. The quantitative estimate of drug-likeness (QED) is 0.845. The van der Waals surface area contributed by atoms with Crippen LogP contribution in [0.3, 0.4) is 0 Å². The molecule has 1 heterocycles. The van der Waals surface area contributed by atoms with Gasteiger partial charge in [0.25, 0.3) is 0 Å². The van der Waals surface area contributed by atoms with Crippen LogP contribution in [0.15, 0.2) is 28.7 Å². The second-order valence-electron chi connectivity index (χ2n) is 4.42. The van der Waals surface area contributed by atoms with Crippen LogP contribution in [0.4, 0.5) is 10.2 Å². The predicted molar refractivity (Wildman–Crippen MR) is 80.4 cm³/mol. The van der Waals surface area contributed by atoms with Gasteiger partial charge in [-0.05, 0) is 40.5 Å². The first-order valence-corrected chi connectivity index (χ1v) is 7.17. The van der Waals surface area contributed by atoms with Crippen LogP contribution in [0.25, 0.3) is 10.9 Å². The molecule has 2 N–H and O–H groups in total. The van der Waals surface area contributed by atoms with Crippen LogP contribution < -0.4 is 4.90 Å². The first-order chi connectivity index (χ1) is 9.65. The number of hydrogen-bond acceptors (Lipinski definition) is 4. The number of fused-ring (bicyclic) bond motifs is 1. The fourth-order valence-corrected chi connectivity index (χ4v) is 2.37. The lowest BCUT2D eigenvalue weighted by Crippen LogP contribution is -2.29. The fourth-order valence-electron chi connectivity index (χ4n) is 2.01. The van der Waals surface area contributed by atoms with Gasteiger partial charge in [-0.1, -0.05) is 0 Å². The van der Waals surface area contributed by atoms with Gasteiger partial charge < -0.3 is 15.1 Å². The summed E-state index contributed by atoms with van der Waals surface area (Å²) in [5.41, 5.74) is 0.565. The Morgan fingerprint density at radius 1 is 1.15 bits per heavy atom. The number of anilines is 1. The summed E-state index contributed by atoms with van der Waals surface area (Å²) in [6.07, 6.45) is 0.592. The molecule has 0 saturated carbocycles. The Kier molecular flexibility index (Phi) is 5.28. The summed E-state index contributed by atoms with van der Waals surface area (Å²) in [5, 5.41) is 18.8. The van der Waals surface area contributed by atoms with Crippen molar-refractivity contribution in [2.45, 2.75) is 6.42 Å². The number of aromatic nitrogens is 1. The molecule has 0 aliphatic carbocycles. The van der Waals surface area contributed by atoms with Gasteiger partial charge in [0.15, 0.2) is 0 Å². The van der Waals surface area contributed by atoms with E-state index in [0.29, 0.717) is 35.3 Å². The van der Waals surface area contributed by atoms with Gasteiger partial charge in [-0.25, -0.2) is 9.37 Å². The van der Waals surface area contributed by atoms with E-state index in [4.69, 9.17) is 10.2 Å². The van der Waals surface area contributed by atoms with Crippen molar-refractivity contribution in [3.63, 3.8) is 0 Å². The Morgan fingerprint density at radius 2 is 1.95 bits per heavy atom. The van der Waals surface area contributed by atoms with Crippen LogP contribution >= 0.6 is 15.9 Å². The lowest BCUT2D eigenvalue weighted by Gasteiger charge is -2.22. The summed E-state index contributed by atoms with van der Waals surface area (Å²) in [7, 11) is 0. The number of pyridine rings is 1. The zero-order chi connectivity index (χ0) is 14.5. The van der Waals surface area contributed by atoms with Crippen molar-refractivity contribution in [2.24, 2.45) is 0 Å². The molecule has 0 radical (unpaired) electrons. The molecule has 2 aromatic rings. The first kappa shape index (κ1) is 15.2.